The van der Waals surface area contributed by atoms with Crippen LogP contribution in [0.5, 0.6) is 0 Å². The number of phosphoric ester groups is 1. The summed E-state index contributed by atoms with van der Waals surface area (Å²) in [6.07, 6.45) is 81.0. The fourth-order valence-electron chi connectivity index (χ4n) is 7.99. The maximum atomic E-state index is 13.0. The maximum absolute atomic E-state index is 13.0. The topological polar surface area (TPSA) is 155 Å². The lowest BCUT2D eigenvalue weighted by atomic mass is 10.1. The smallest absolute Gasteiger partial charge is 0.462 e. The van der Waals surface area contributed by atoms with E-state index in [2.05, 4.69) is 154 Å². The predicted octanol–water partition coefficient (Wildman–Crippen LogP) is 19.5. The summed E-state index contributed by atoms with van der Waals surface area (Å²) in [4.78, 5) is 48.7. The number of aliphatic hydroxyl groups is 1. The first-order chi connectivity index (χ1) is 40.2. The summed E-state index contributed by atoms with van der Waals surface area (Å²) < 4.78 is 39.5. The fraction of sp³-hybridized carbons (Fsp3) is 0.614. The number of phosphoric acid groups is 1. The van der Waals surface area contributed by atoms with Crippen molar-refractivity contribution in [2.45, 2.75) is 251 Å². The minimum atomic E-state index is -4.79. The van der Waals surface area contributed by atoms with Crippen LogP contribution < -0.4 is 0 Å². The van der Waals surface area contributed by atoms with Gasteiger partial charge in [0.05, 0.1) is 19.8 Å². The van der Waals surface area contributed by atoms with Crippen LogP contribution in [-0.4, -0.2) is 66.5 Å². The van der Waals surface area contributed by atoms with Gasteiger partial charge in [0.15, 0.2) is 6.10 Å². The molecule has 0 saturated heterocycles. The number of carbonyl (C=O) groups is 3. The molecular weight excluding hydrogens is 1050 g/mol. The van der Waals surface area contributed by atoms with E-state index in [1.54, 1.807) is 0 Å². The molecule has 0 bridgehead atoms. The van der Waals surface area contributed by atoms with E-state index in [1.165, 1.54) is 57.8 Å². The molecule has 12 heteroatoms. The van der Waals surface area contributed by atoms with Gasteiger partial charge in [-0.05, 0) is 128 Å². The minimum absolute atomic E-state index is 0.0854. The maximum Gasteiger partial charge on any atom is 0.472 e. The second-order valence-corrected chi connectivity index (χ2v) is 21.9. The first kappa shape index (κ1) is 77.4. The van der Waals surface area contributed by atoms with Gasteiger partial charge in [0, 0.05) is 19.3 Å². The van der Waals surface area contributed by atoms with Gasteiger partial charge in [-0.1, -0.05) is 237 Å². The highest BCUT2D eigenvalue weighted by molar-refractivity contribution is 7.47. The highest BCUT2D eigenvalue weighted by Crippen LogP contribution is 2.43. The number of rotatable bonds is 57. The number of unbranched alkanes of at least 4 members (excludes halogenated alkanes) is 16. The van der Waals surface area contributed by atoms with Gasteiger partial charge in [-0.25, -0.2) is 4.57 Å². The van der Waals surface area contributed by atoms with Gasteiger partial charge in [0.2, 0.25) is 0 Å². The summed E-state index contributed by atoms with van der Waals surface area (Å²) in [6, 6.07) is 0. The van der Waals surface area contributed by atoms with E-state index in [1.807, 2.05) is 12.2 Å². The summed E-state index contributed by atoms with van der Waals surface area (Å²) in [5, 5.41) is 9.85. The molecular formula is C70H113O11P. The summed E-state index contributed by atoms with van der Waals surface area (Å²) in [7, 11) is -4.79. The number of hydrogen-bond acceptors (Lipinski definition) is 10. The number of esters is 3. The van der Waals surface area contributed by atoms with Crippen molar-refractivity contribution in [3.63, 3.8) is 0 Å². The van der Waals surface area contributed by atoms with Crippen molar-refractivity contribution < 1.29 is 52.2 Å². The van der Waals surface area contributed by atoms with E-state index in [0.717, 1.165) is 122 Å². The number of aliphatic hydroxyl groups excluding tert-OH is 1. The Morgan fingerprint density at radius 1 is 0.354 bits per heavy atom. The molecule has 3 atom stereocenters. The first-order valence-electron chi connectivity index (χ1n) is 31.7. The third-order valence-corrected chi connectivity index (χ3v) is 13.7. The van der Waals surface area contributed by atoms with Gasteiger partial charge in [-0.15, -0.1) is 0 Å². The molecule has 0 heterocycles. The molecule has 0 aromatic carbocycles. The van der Waals surface area contributed by atoms with E-state index in [-0.39, 0.29) is 19.3 Å². The third kappa shape index (κ3) is 60.0. The van der Waals surface area contributed by atoms with Gasteiger partial charge in [-0.3, -0.25) is 23.4 Å². The monoisotopic (exact) mass is 1160 g/mol. The van der Waals surface area contributed by atoms with Crippen LogP contribution in [0.15, 0.2) is 146 Å². The Morgan fingerprint density at radius 3 is 1.05 bits per heavy atom. The molecule has 0 amide bonds. The van der Waals surface area contributed by atoms with Crippen LogP contribution in [0, 0.1) is 0 Å². The Labute approximate surface area is 499 Å². The Bertz CT molecular complexity index is 1930. The molecule has 0 rings (SSSR count). The fourth-order valence-corrected chi connectivity index (χ4v) is 8.77. The van der Waals surface area contributed by atoms with E-state index >= 15 is 0 Å². The molecule has 2 N–H and O–H groups in total. The van der Waals surface area contributed by atoms with Gasteiger partial charge < -0.3 is 24.2 Å². The van der Waals surface area contributed by atoms with Crippen LogP contribution in [0.25, 0.3) is 0 Å². The van der Waals surface area contributed by atoms with Crippen LogP contribution in [-0.2, 0) is 42.2 Å². The van der Waals surface area contributed by atoms with E-state index in [9.17, 15) is 28.9 Å². The summed E-state index contributed by atoms with van der Waals surface area (Å²) >= 11 is 0. The van der Waals surface area contributed by atoms with E-state index in [4.69, 9.17) is 23.3 Å². The van der Waals surface area contributed by atoms with Gasteiger partial charge in [0.25, 0.3) is 0 Å². The normalized spacial score (nSPS) is 14.3. The zero-order chi connectivity index (χ0) is 59.8. The molecule has 0 saturated carbocycles. The van der Waals surface area contributed by atoms with Crippen LogP contribution >= 0.6 is 7.82 Å². The molecule has 0 aliphatic carbocycles. The molecule has 11 nitrogen and oxygen atoms in total. The molecule has 464 valence electrons. The SMILES string of the molecule is CC/C=C\C/C=C\C/C=C\C/C=C\C/C=C\C/C=C\CCC(=O)OCC(COP(=O)(O)OCC(CO)OC(=O)CCCCCCCCC/C=C\CCCCCCCC)OC(=O)CCCCC/C=C\C/C=C\C/C=C\C/C=C\C/C=C\CC. The highest BCUT2D eigenvalue weighted by Gasteiger charge is 2.28. The average molecular weight is 1160 g/mol. The van der Waals surface area contributed by atoms with Crippen LogP contribution in [0.3, 0.4) is 0 Å². The average Bonchev–Trinajstić information content (AvgIpc) is 3.47. The molecule has 0 aliphatic rings. The van der Waals surface area contributed by atoms with Gasteiger partial charge >= 0.3 is 25.7 Å². The van der Waals surface area contributed by atoms with Crippen LogP contribution in [0.2, 0.25) is 0 Å². The lowest BCUT2D eigenvalue weighted by Gasteiger charge is -2.21. The molecule has 0 spiro atoms. The van der Waals surface area contributed by atoms with Crippen molar-refractivity contribution >= 4 is 25.7 Å². The second kappa shape index (κ2) is 62.4. The molecule has 0 aliphatic heterocycles. The number of ether oxygens (including phenoxy) is 3. The lowest BCUT2D eigenvalue weighted by molar-refractivity contribution is -0.161. The predicted molar refractivity (Wildman–Crippen MR) is 343 cm³/mol. The lowest BCUT2D eigenvalue weighted by Crippen LogP contribution is -2.30. The zero-order valence-corrected chi connectivity index (χ0v) is 52.3. The summed E-state index contributed by atoms with van der Waals surface area (Å²) in [5.41, 5.74) is 0. The Morgan fingerprint density at radius 2 is 0.659 bits per heavy atom. The van der Waals surface area contributed by atoms with E-state index < -0.39 is 64.4 Å². The van der Waals surface area contributed by atoms with Crippen LogP contribution in [0.1, 0.15) is 239 Å². The molecule has 82 heavy (non-hydrogen) atoms. The molecule has 3 unspecified atom stereocenters. The van der Waals surface area contributed by atoms with Crippen LogP contribution in [0.4, 0.5) is 0 Å². The Hall–Kier alpha value is -4.64. The number of carbonyl (C=O) groups excluding carboxylic acids is 3. The van der Waals surface area contributed by atoms with Gasteiger partial charge in [-0.2, -0.15) is 0 Å². The van der Waals surface area contributed by atoms with Crippen molar-refractivity contribution in [3.8, 4) is 0 Å². The molecule has 0 radical (unpaired) electrons. The zero-order valence-electron chi connectivity index (χ0n) is 51.4. The van der Waals surface area contributed by atoms with Crippen molar-refractivity contribution in [1.82, 2.24) is 0 Å². The molecule has 0 fully saturated rings. The molecule has 0 aromatic heterocycles. The molecule has 0 aromatic rings. The number of allylic oxidation sites excluding steroid dienone is 24. The highest BCUT2D eigenvalue weighted by atomic mass is 31.2. The van der Waals surface area contributed by atoms with Crippen molar-refractivity contribution in [1.29, 1.82) is 0 Å². The first-order valence-corrected chi connectivity index (χ1v) is 33.2. The quantitative estimate of drug-likeness (QED) is 0.0197. The van der Waals surface area contributed by atoms with Gasteiger partial charge in [0.1, 0.15) is 12.7 Å². The second-order valence-electron chi connectivity index (χ2n) is 20.5. The standard InChI is InChI=1S/C70H113O11P/c1-4-7-10-13-16-19-22-25-28-31-33-36-38-41-44-47-50-53-56-59-68(72)77-63-67(81-70(74)61-58-55-52-49-46-43-40-37-34-32-29-26-23-20-17-14-11-8-5-2)65-79-82(75,76)78-64-66(62-71)80-69(73)60-57-54-51-48-45-42-39-35-30-27-24-21-18-15-12-9-6-3/h7-8,10-11,16-17,19-20,25-30,33-34,36-37,41,43-44,46,50,53,66-67,71H,4-6,9,12-15,18,21-24,31-32,35,38-40,42,45,47-49,51-52,54-65H2,1-3H3,(H,75,76)/b10-7-,11-8-,19-16-,20-17-,28-25-,29-26-,30-27-,36-33-,37-34-,44-41-,46-43-,53-50-. The summed E-state index contributed by atoms with van der Waals surface area (Å²) in [6.45, 7) is 4.29. The van der Waals surface area contributed by atoms with Crippen molar-refractivity contribution in [2.24, 2.45) is 0 Å². The minimum Gasteiger partial charge on any atom is -0.462 e. The van der Waals surface area contributed by atoms with Crippen molar-refractivity contribution in [3.05, 3.63) is 146 Å². The van der Waals surface area contributed by atoms with E-state index in [0.29, 0.717) is 19.3 Å². The number of hydrogen-bond donors (Lipinski definition) is 2. The van der Waals surface area contributed by atoms with Crippen molar-refractivity contribution in [2.75, 3.05) is 26.4 Å². The summed E-state index contributed by atoms with van der Waals surface area (Å²) in [5.74, 6) is -1.62. The Kier molecular flexibility index (Phi) is 58.9. The third-order valence-electron chi connectivity index (χ3n) is 12.7. The Balaban J connectivity index is 4.88. The largest absolute Gasteiger partial charge is 0.472 e.